The second-order valence-corrected chi connectivity index (χ2v) is 11.5. The molecule has 0 saturated carbocycles. The highest BCUT2D eigenvalue weighted by atomic mass is 35.5. The first-order chi connectivity index (χ1) is 17.3. The van der Waals surface area contributed by atoms with Gasteiger partial charge in [-0.2, -0.15) is 0 Å². The molecule has 2 atom stereocenters. The zero-order valence-electron chi connectivity index (χ0n) is 22.3. The number of hydrogen-bond donors (Lipinski definition) is 1. The Balaban J connectivity index is 1.87. The Morgan fingerprint density at radius 2 is 1.89 bits per heavy atom. The summed E-state index contributed by atoms with van der Waals surface area (Å²) in [5.74, 6) is -0.374. The van der Waals surface area contributed by atoms with Crippen molar-refractivity contribution in [1.29, 1.82) is 0 Å². The van der Waals surface area contributed by atoms with E-state index in [2.05, 4.69) is 11.9 Å². The standard InChI is InChI=1S/C27H38ClN3O6/c1-7-15-35-24(34)31-21(17-36-26(31,5)6)22(32)29-27(16-19-9-11-20(28)12-10-19)13-8-14-30(18-27)23(33)37-25(2,3)4/h7,9-12,21H,1,8,13-18H2,2-6H3,(H,29,32)/t21-,27+/m0/s1. The number of rotatable bonds is 6. The van der Waals surface area contributed by atoms with Crippen molar-refractivity contribution >= 4 is 29.7 Å². The van der Waals surface area contributed by atoms with Gasteiger partial charge >= 0.3 is 12.2 Å². The van der Waals surface area contributed by atoms with E-state index in [1.807, 2.05) is 32.9 Å². The summed E-state index contributed by atoms with van der Waals surface area (Å²) >= 11 is 6.09. The number of likely N-dealkylation sites (tertiary alicyclic amines) is 1. The van der Waals surface area contributed by atoms with E-state index in [1.165, 1.54) is 11.0 Å². The van der Waals surface area contributed by atoms with E-state index in [0.717, 1.165) is 5.56 Å². The van der Waals surface area contributed by atoms with E-state index in [9.17, 15) is 14.4 Å². The van der Waals surface area contributed by atoms with Crippen molar-refractivity contribution in [3.05, 3.63) is 47.5 Å². The van der Waals surface area contributed by atoms with Gasteiger partial charge in [0, 0.05) is 18.1 Å². The molecule has 204 valence electrons. The van der Waals surface area contributed by atoms with Crippen LogP contribution in [0.15, 0.2) is 36.9 Å². The zero-order valence-corrected chi connectivity index (χ0v) is 23.1. The monoisotopic (exact) mass is 535 g/mol. The fraction of sp³-hybridized carbons (Fsp3) is 0.593. The summed E-state index contributed by atoms with van der Waals surface area (Å²) in [5.41, 5.74) is -1.50. The molecule has 3 amide bonds. The first kappa shape index (κ1) is 28.8. The minimum atomic E-state index is -1.03. The lowest BCUT2D eigenvalue weighted by Gasteiger charge is -2.44. The number of carbonyl (C=O) groups is 3. The molecule has 2 aliphatic rings. The minimum absolute atomic E-state index is 0.0190. The number of hydrogen-bond acceptors (Lipinski definition) is 6. The summed E-state index contributed by atoms with van der Waals surface area (Å²) in [5, 5.41) is 3.80. The molecule has 2 aliphatic heterocycles. The van der Waals surface area contributed by atoms with E-state index in [-0.39, 0.29) is 25.7 Å². The fourth-order valence-corrected chi connectivity index (χ4v) is 4.91. The molecule has 2 fully saturated rings. The van der Waals surface area contributed by atoms with Crippen LogP contribution >= 0.6 is 11.6 Å². The molecule has 2 heterocycles. The maximum atomic E-state index is 13.7. The number of piperidine rings is 1. The van der Waals surface area contributed by atoms with Crippen molar-refractivity contribution in [2.24, 2.45) is 0 Å². The summed E-state index contributed by atoms with van der Waals surface area (Å²) in [6, 6.07) is 6.51. The second kappa shape index (κ2) is 11.3. The maximum absolute atomic E-state index is 13.7. The third-order valence-corrected chi connectivity index (χ3v) is 6.63. The van der Waals surface area contributed by atoms with Crippen molar-refractivity contribution in [1.82, 2.24) is 15.1 Å². The number of nitrogens with zero attached hydrogens (tertiary/aromatic N) is 2. The average molecular weight is 536 g/mol. The molecular formula is C27H38ClN3O6. The van der Waals surface area contributed by atoms with Gasteiger partial charge in [-0.05, 0) is 71.6 Å². The molecule has 3 rings (SSSR count). The Labute approximate surface area is 224 Å². The topological polar surface area (TPSA) is 97.4 Å². The molecular weight excluding hydrogens is 498 g/mol. The molecule has 0 unspecified atom stereocenters. The first-order valence-corrected chi connectivity index (χ1v) is 12.9. The van der Waals surface area contributed by atoms with Crippen LogP contribution in [0.5, 0.6) is 0 Å². The van der Waals surface area contributed by atoms with Crippen LogP contribution in [0.1, 0.15) is 53.0 Å². The number of ether oxygens (including phenoxy) is 3. The molecule has 0 bridgehead atoms. The average Bonchev–Trinajstić information content (AvgIpc) is 3.13. The number of carbonyl (C=O) groups excluding carboxylic acids is 3. The van der Waals surface area contributed by atoms with Crippen LogP contribution in [0.3, 0.4) is 0 Å². The van der Waals surface area contributed by atoms with Crippen molar-refractivity contribution in [3.63, 3.8) is 0 Å². The van der Waals surface area contributed by atoms with Gasteiger partial charge in [0.15, 0.2) is 0 Å². The fourth-order valence-electron chi connectivity index (χ4n) is 4.78. The van der Waals surface area contributed by atoms with Gasteiger partial charge in [0.1, 0.15) is 24.0 Å². The minimum Gasteiger partial charge on any atom is -0.445 e. The Bertz CT molecular complexity index is 1010. The van der Waals surface area contributed by atoms with E-state index in [0.29, 0.717) is 30.8 Å². The summed E-state index contributed by atoms with van der Waals surface area (Å²) in [7, 11) is 0. The quantitative estimate of drug-likeness (QED) is 0.538. The molecule has 10 heteroatoms. The number of benzene rings is 1. The summed E-state index contributed by atoms with van der Waals surface area (Å²) in [6.07, 6.45) is 2.15. The molecule has 1 aromatic rings. The molecule has 2 saturated heterocycles. The molecule has 37 heavy (non-hydrogen) atoms. The summed E-state index contributed by atoms with van der Waals surface area (Å²) in [4.78, 5) is 42.4. The third kappa shape index (κ3) is 7.38. The zero-order chi connectivity index (χ0) is 27.4. The first-order valence-electron chi connectivity index (χ1n) is 12.5. The molecule has 1 aromatic carbocycles. The Morgan fingerprint density at radius 3 is 2.51 bits per heavy atom. The van der Waals surface area contributed by atoms with Crippen molar-refractivity contribution < 1.29 is 28.6 Å². The van der Waals surface area contributed by atoms with Crippen LogP contribution in [-0.2, 0) is 25.4 Å². The summed E-state index contributed by atoms with van der Waals surface area (Å²) < 4.78 is 16.6. The molecule has 1 N–H and O–H groups in total. The van der Waals surface area contributed by atoms with E-state index in [4.69, 9.17) is 25.8 Å². The highest BCUT2D eigenvalue weighted by molar-refractivity contribution is 6.30. The maximum Gasteiger partial charge on any atom is 0.413 e. The number of halogens is 1. The number of nitrogens with one attached hydrogen (secondary N) is 1. The van der Waals surface area contributed by atoms with Gasteiger partial charge in [-0.15, -0.1) is 0 Å². The number of amides is 3. The molecule has 0 radical (unpaired) electrons. The van der Waals surface area contributed by atoms with Crippen LogP contribution in [0, 0.1) is 0 Å². The van der Waals surface area contributed by atoms with E-state index < -0.39 is 35.1 Å². The molecule has 0 spiro atoms. The van der Waals surface area contributed by atoms with Crippen LogP contribution in [0.4, 0.5) is 9.59 Å². The van der Waals surface area contributed by atoms with Crippen molar-refractivity contribution in [2.45, 2.75) is 76.8 Å². The Morgan fingerprint density at radius 1 is 1.22 bits per heavy atom. The second-order valence-electron chi connectivity index (χ2n) is 11.1. The molecule has 9 nitrogen and oxygen atoms in total. The lowest BCUT2D eigenvalue weighted by atomic mass is 9.82. The van der Waals surface area contributed by atoms with Crippen LogP contribution in [0.25, 0.3) is 0 Å². The van der Waals surface area contributed by atoms with Gasteiger partial charge in [-0.25, -0.2) is 9.59 Å². The van der Waals surface area contributed by atoms with Crippen LogP contribution < -0.4 is 5.32 Å². The van der Waals surface area contributed by atoms with Crippen LogP contribution in [0.2, 0.25) is 5.02 Å². The van der Waals surface area contributed by atoms with Gasteiger partial charge in [-0.3, -0.25) is 9.69 Å². The highest BCUT2D eigenvalue weighted by Crippen LogP contribution is 2.31. The smallest absolute Gasteiger partial charge is 0.413 e. The van der Waals surface area contributed by atoms with E-state index in [1.54, 1.807) is 30.9 Å². The van der Waals surface area contributed by atoms with Crippen LogP contribution in [-0.4, -0.2) is 77.1 Å². The normalized spacial score (nSPS) is 23.4. The Hall–Kier alpha value is -2.78. The van der Waals surface area contributed by atoms with Gasteiger partial charge in [0.25, 0.3) is 0 Å². The molecule has 0 aliphatic carbocycles. The highest BCUT2D eigenvalue weighted by Gasteiger charge is 2.50. The lowest BCUT2D eigenvalue weighted by Crippen LogP contribution is -2.64. The SMILES string of the molecule is C=CCOC(=O)N1[C@H](C(=O)N[C@@]2(Cc3ccc(Cl)cc3)CCCN(C(=O)OC(C)(C)C)C2)COC1(C)C. The van der Waals surface area contributed by atoms with E-state index >= 15 is 0 Å². The predicted molar refractivity (Wildman–Crippen MR) is 140 cm³/mol. The Kier molecular flexibility index (Phi) is 8.80. The van der Waals surface area contributed by atoms with Crippen molar-refractivity contribution in [2.75, 3.05) is 26.3 Å². The van der Waals surface area contributed by atoms with Gasteiger partial charge in [0.05, 0.1) is 12.1 Å². The van der Waals surface area contributed by atoms with Crippen molar-refractivity contribution in [3.8, 4) is 0 Å². The van der Waals surface area contributed by atoms with Gasteiger partial charge < -0.3 is 24.4 Å². The predicted octanol–water partition coefficient (Wildman–Crippen LogP) is 4.53. The lowest BCUT2D eigenvalue weighted by molar-refractivity contribution is -0.128. The van der Waals surface area contributed by atoms with Gasteiger partial charge in [-0.1, -0.05) is 36.4 Å². The summed E-state index contributed by atoms with van der Waals surface area (Å²) in [6.45, 7) is 13.3. The van der Waals surface area contributed by atoms with Gasteiger partial charge in [0.2, 0.25) is 5.91 Å². The molecule has 0 aromatic heterocycles. The largest absolute Gasteiger partial charge is 0.445 e. The third-order valence-electron chi connectivity index (χ3n) is 6.38.